The molecule has 0 amide bonds. The van der Waals surface area contributed by atoms with E-state index in [1.165, 1.54) is 5.01 Å². The fourth-order valence-corrected chi connectivity index (χ4v) is 1.61. The van der Waals surface area contributed by atoms with Gasteiger partial charge in [-0.1, -0.05) is 48.5 Å². The van der Waals surface area contributed by atoms with Gasteiger partial charge in [0.25, 0.3) is 0 Å². The van der Waals surface area contributed by atoms with Gasteiger partial charge in [0, 0.05) is 0 Å². The van der Waals surface area contributed by atoms with E-state index >= 15 is 0 Å². The molecule has 0 aliphatic rings. The van der Waals surface area contributed by atoms with E-state index in [2.05, 4.69) is 0 Å². The van der Waals surface area contributed by atoms with E-state index < -0.39 is 0 Å². The van der Waals surface area contributed by atoms with Crippen molar-refractivity contribution in [3.63, 3.8) is 0 Å². The van der Waals surface area contributed by atoms with Crippen LogP contribution in [0.3, 0.4) is 0 Å². The number of nitrogens with zero attached hydrogens (tertiary/aromatic N) is 2. The van der Waals surface area contributed by atoms with Crippen molar-refractivity contribution in [2.45, 2.75) is 6.54 Å². The van der Waals surface area contributed by atoms with Crippen LogP contribution in [0.1, 0.15) is 5.56 Å². The molecule has 4 heteroatoms. The lowest BCUT2D eigenvalue weighted by Gasteiger charge is -2.35. The largest absolute Gasteiger partial charge is 0.743 e. The minimum absolute atomic E-state index is 0.137. The minimum Gasteiger partial charge on any atom is -0.743 e. The van der Waals surface area contributed by atoms with Gasteiger partial charge in [-0.2, -0.15) is 5.34 Å². The van der Waals surface area contributed by atoms with Crippen molar-refractivity contribution in [2.75, 3.05) is 5.01 Å². The second-order valence-electron chi connectivity index (χ2n) is 3.63. The molecule has 1 N–H and O–H groups in total. The summed E-state index contributed by atoms with van der Waals surface area (Å²) in [5.74, 6) is 0. The Morgan fingerprint density at radius 1 is 0.882 bits per heavy atom. The molecule has 0 radical (unpaired) electrons. The van der Waals surface area contributed by atoms with Crippen LogP contribution in [0.25, 0.3) is 0 Å². The van der Waals surface area contributed by atoms with Crippen molar-refractivity contribution < 1.29 is 5.21 Å². The molecule has 0 aromatic heterocycles. The minimum atomic E-state index is -0.137. The molecule has 17 heavy (non-hydrogen) atoms. The number of rotatable bonds is 4. The first-order valence-corrected chi connectivity index (χ1v) is 5.30. The molecular formula is C13H13N2O2-. The first-order chi connectivity index (χ1) is 8.27. The van der Waals surface area contributed by atoms with Gasteiger partial charge in [-0.15, -0.1) is 0 Å². The van der Waals surface area contributed by atoms with E-state index in [4.69, 9.17) is 5.21 Å². The van der Waals surface area contributed by atoms with Gasteiger partial charge in [-0.25, -0.2) is 0 Å². The predicted molar refractivity (Wildman–Crippen MR) is 66.1 cm³/mol. The predicted octanol–water partition coefficient (Wildman–Crippen LogP) is 2.80. The molecule has 0 saturated heterocycles. The maximum absolute atomic E-state index is 11.1. The van der Waals surface area contributed by atoms with Gasteiger partial charge < -0.3 is 10.4 Å². The van der Waals surface area contributed by atoms with Crippen LogP contribution in [0.2, 0.25) is 0 Å². The Morgan fingerprint density at radius 2 is 1.41 bits per heavy atom. The smallest absolute Gasteiger partial charge is 0.0609 e. The maximum Gasteiger partial charge on any atom is 0.0609 e. The second kappa shape index (κ2) is 5.45. The van der Waals surface area contributed by atoms with E-state index in [9.17, 15) is 5.21 Å². The third-order valence-corrected chi connectivity index (χ3v) is 2.44. The lowest BCUT2D eigenvalue weighted by molar-refractivity contribution is -0.0544. The average molecular weight is 229 g/mol. The number of benzene rings is 2. The van der Waals surface area contributed by atoms with Crippen molar-refractivity contribution in [1.29, 1.82) is 0 Å². The third-order valence-electron chi connectivity index (χ3n) is 2.44. The summed E-state index contributed by atoms with van der Waals surface area (Å²) in [5.41, 5.74) is 1.60. The maximum atomic E-state index is 11.1. The van der Waals surface area contributed by atoms with Crippen LogP contribution in [0.4, 0.5) is 5.69 Å². The monoisotopic (exact) mass is 229 g/mol. The molecule has 0 atom stereocenters. The molecule has 4 nitrogen and oxygen atoms in total. The summed E-state index contributed by atoms with van der Waals surface area (Å²) in [7, 11) is 0. The van der Waals surface area contributed by atoms with E-state index in [1.807, 2.05) is 48.5 Å². The highest BCUT2D eigenvalue weighted by molar-refractivity contribution is 5.45. The summed E-state index contributed by atoms with van der Waals surface area (Å²) in [6.45, 7) is 0.324. The lowest BCUT2D eigenvalue weighted by Crippen LogP contribution is -2.35. The molecular weight excluding hydrogens is 216 g/mol. The summed E-state index contributed by atoms with van der Waals surface area (Å²) >= 11 is 0. The van der Waals surface area contributed by atoms with Gasteiger partial charge in [-0.05, 0) is 17.7 Å². The van der Waals surface area contributed by atoms with Crippen LogP contribution in [0.15, 0.2) is 60.7 Å². The third kappa shape index (κ3) is 3.04. The SMILES string of the molecule is [O-]N(O)N(Cc1ccccc1)c1ccccc1. The van der Waals surface area contributed by atoms with Crippen LogP contribution < -0.4 is 5.01 Å². The number of hydrogen-bond donors (Lipinski definition) is 1. The summed E-state index contributed by atoms with van der Waals surface area (Å²) in [6.07, 6.45) is 0. The fraction of sp³-hybridized carbons (Fsp3) is 0.0769. The van der Waals surface area contributed by atoms with Gasteiger partial charge in [0.05, 0.1) is 12.2 Å². The topological polar surface area (TPSA) is 49.8 Å². The van der Waals surface area contributed by atoms with Crippen LogP contribution >= 0.6 is 0 Å². The van der Waals surface area contributed by atoms with Gasteiger partial charge in [0.15, 0.2) is 0 Å². The normalized spacial score (nSPS) is 10.5. The fourth-order valence-electron chi connectivity index (χ4n) is 1.61. The first kappa shape index (κ1) is 11.6. The molecule has 0 saturated carbocycles. The quantitative estimate of drug-likeness (QED) is 0.819. The van der Waals surface area contributed by atoms with Crippen LogP contribution in [0, 0.1) is 5.21 Å². The molecule has 0 bridgehead atoms. The van der Waals surface area contributed by atoms with Gasteiger partial charge in [0.1, 0.15) is 0 Å². The molecule has 0 fully saturated rings. The Morgan fingerprint density at radius 3 is 1.94 bits per heavy atom. The molecule has 0 aliphatic carbocycles. The van der Waals surface area contributed by atoms with Gasteiger partial charge in [-0.3, -0.25) is 5.01 Å². The van der Waals surface area contributed by atoms with Crippen molar-refractivity contribution in [1.82, 2.24) is 5.34 Å². The van der Waals surface area contributed by atoms with Gasteiger partial charge in [0.2, 0.25) is 0 Å². The molecule has 2 aromatic rings. The highest BCUT2D eigenvalue weighted by Crippen LogP contribution is 2.17. The van der Waals surface area contributed by atoms with E-state index in [0.717, 1.165) is 5.56 Å². The van der Waals surface area contributed by atoms with Crippen molar-refractivity contribution >= 4 is 5.69 Å². The zero-order chi connectivity index (χ0) is 12.1. The summed E-state index contributed by atoms with van der Waals surface area (Å²) in [5, 5.41) is 21.4. The Balaban J connectivity index is 2.20. The Bertz CT molecular complexity index is 445. The van der Waals surface area contributed by atoms with E-state index in [0.29, 0.717) is 12.2 Å². The molecule has 88 valence electrons. The Kier molecular flexibility index (Phi) is 3.72. The van der Waals surface area contributed by atoms with Crippen LogP contribution in [0.5, 0.6) is 0 Å². The zero-order valence-corrected chi connectivity index (χ0v) is 9.23. The molecule has 0 unspecified atom stereocenters. The standard InChI is InChI=1S/C13H13N2O2/c16-15(17)14(13-9-5-2-6-10-13)11-12-7-3-1-4-8-12/h1-10,16H,11H2/q-1. The number of hydrogen-bond acceptors (Lipinski definition) is 4. The molecule has 0 aliphatic heterocycles. The van der Waals surface area contributed by atoms with E-state index in [-0.39, 0.29) is 5.34 Å². The van der Waals surface area contributed by atoms with Crippen molar-refractivity contribution in [3.8, 4) is 0 Å². The Hall–Kier alpha value is -1.88. The molecule has 2 aromatic carbocycles. The highest BCUT2D eigenvalue weighted by atomic mass is 16.8. The van der Waals surface area contributed by atoms with Gasteiger partial charge >= 0.3 is 0 Å². The first-order valence-electron chi connectivity index (χ1n) is 5.30. The zero-order valence-electron chi connectivity index (χ0n) is 9.23. The average Bonchev–Trinajstić information content (AvgIpc) is 2.38. The number of anilines is 1. The van der Waals surface area contributed by atoms with Crippen molar-refractivity contribution in [3.05, 3.63) is 71.4 Å². The Labute approximate surface area is 99.8 Å². The second-order valence-corrected chi connectivity index (χ2v) is 3.63. The summed E-state index contributed by atoms with van der Waals surface area (Å²) < 4.78 is 0. The van der Waals surface area contributed by atoms with E-state index in [1.54, 1.807) is 12.1 Å². The molecule has 0 heterocycles. The highest BCUT2D eigenvalue weighted by Gasteiger charge is 2.07. The summed E-state index contributed by atoms with van der Waals surface area (Å²) in [6, 6.07) is 18.5. The van der Waals surface area contributed by atoms with Crippen LogP contribution in [-0.4, -0.2) is 10.5 Å². The molecule has 2 rings (SSSR count). The lowest BCUT2D eigenvalue weighted by atomic mass is 10.2. The van der Waals surface area contributed by atoms with Crippen molar-refractivity contribution in [2.24, 2.45) is 0 Å². The molecule has 0 spiro atoms. The van der Waals surface area contributed by atoms with Crippen LogP contribution in [-0.2, 0) is 6.54 Å². The summed E-state index contributed by atoms with van der Waals surface area (Å²) in [4.78, 5) is 0. The number of hydrazine groups is 1. The number of para-hydroxylation sites is 1.